The van der Waals surface area contributed by atoms with Crippen LogP contribution in [0.15, 0.2) is 60.2 Å². The molecule has 1 heterocycles. The largest absolute Gasteiger partial charge is 0.508 e. The molecule has 0 saturated carbocycles. The van der Waals surface area contributed by atoms with Gasteiger partial charge in [0, 0.05) is 54.6 Å². The highest BCUT2D eigenvalue weighted by atomic mass is 16.3. The summed E-state index contributed by atoms with van der Waals surface area (Å²) in [6.45, 7) is -10.4. The summed E-state index contributed by atoms with van der Waals surface area (Å²) < 4.78 is 67.4. The molecule has 0 aromatic heterocycles. The lowest BCUT2D eigenvalue weighted by atomic mass is 10.1. The van der Waals surface area contributed by atoms with Crippen molar-refractivity contribution in [3.05, 3.63) is 71.8 Å². The highest BCUT2D eigenvalue weighted by Gasteiger charge is 2.19. The van der Waals surface area contributed by atoms with Crippen molar-refractivity contribution in [2.24, 2.45) is 5.10 Å². The molecular weight excluding hydrogens is 380 g/mol. The van der Waals surface area contributed by atoms with E-state index in [-0.39, 0.29) is 33.9 Å². The Morgan fingerprint density at radius 3 is 2.53 bits per heavy atom. The minimum absolute atomic E-state index is 0.132. The van der Waals surface area contributed by atoms with Gasteiger partial charge in [0.15, 0.2) is 0 Å². The van der Waals surface area contributed by atoms with Gasteiger partial charge in [-0.2, -0.15) is 5.10 Å². The number of hydrazone groups is 1. The third-order valence-electron chi connectivity index (χ3n) is 4.16. The SMILES string of the molecule is [2H]C1([2H])N(CC(=O)N/N=C/c2ccc(O)c(CC=C)c2O)C([2H])([2H])C([2H])([2H])N(Cc2ccccc2)C1([2H])[2H]. The first kappa shape index (κ1) is 13.2. The maximum Gasteiger partial charge on any atom is 0.254 e. The van der Waals surface area contributed by atoms with Crippen molar-refractivity contribution in [2.45, 2.75) is 13.0 Å². The lowest BCUT2D eigenvalue weighted by Gasteiger charge is -2.34. The van der Waals surface area contributed by atoms with Gasteiger partial charge in [-0.25, -0.2) is 5.43 Å². The van der Waals surface area contributed by atoms with Gasteiger partial charge in [-0.15, -0.1) is 6.58 Å². The third kappa shape index (κ3) is 5.92. The van der Waals surface area contributed by atoms with Crippen molar-refractivity contribution in [1.82, 2.24) is 15.2 Å². The molecule has 3 N–H and O–H groups in total. The molecule has 1 saturated heterocycles. The van der Waals surface area contributed by atoms with Crippen LogP contribution in [-0.2, 0) is 17.8 Å². The monoisotopic (exact) mass is 416 g/mol. The minimum Gasteiger partial charge on any atom is -0.508 e. The molecule has 0 radical (unpaired) electrons. The standard InChI is InChI=1S/C23H28N4O3/c1-2-6-20-21(28)10-9-19(23(20)30)15-24-25-22(29)17-27-13-11-26(12-14-27)16-18-7-4-3-5-8-18/h2-5,7-10,15,28,30H,1,6,11-14,16-17H2,(H,25,29)/b24-15+/i11D2,12D2,13D2,14D2. The number of phenolic OH excluding ortho intramolecular Hbond substituents is 2. The first-order valence-electron chi connectivity index (χ1n) is 13.1. The molecule has 7 nitrogen and oxygen atoms in total. The van der Waals surface area contributed by atoms with Crippen LogP contribution in [0.25, 0.3) is 0 Å². The van der Waals surface area contributed by atoms with Crippen LogP contribution in [0, 0.1) is 0 Å². The molecule has 30 heavy (non-hydrogen) atoms. The zero-order valence-electron chi connectivity index (χ0n) is 24.2. The number of allylic oxidation sites excluding steroid dienone is 1. The van der Waals surface area contributed by atoms with Gasteiger partial charge in [0.1, 0.15) is 11.5 Å². The molecule has 158 valence electrons. The number of hydrogen-bond acceptors (Lipinski definition) is 6. The second-order valence-electron chi connectivity index (χ2n) is 6.39. The average Bonchev–Trinajstić information content (AvgIpc) is 2.84. The number of carbonyl (C=O) groups is 1. The summed E-state index contributed by atoms with van der Waals surface area (Å²) in [4.78, 5) is 13.3. The van der Waals surface area contributed by atoms with Gasteiger partial charge in [0.25, 0.3) is 5.91 Å². The second-order valence-corrected chi connectivity index (χ2v) is 6.39. The van der Waals surface area contributed by atoms with Gasteiger partial charge in [0.2, 0.25) is 0 Å². The van der Waals surface area contributed by atoms with E-state index in [2.05, 4.69) is 17.1 Å². The Morgan fingerprint density at radius 2 is 1.83 bits per heavy atom. The zero-order chi connectivity index (χ0) is 28.5. The molecule has 0 unspecified atom stereocenters. The molecule has 0 bridgehead atoms. The topological polar surface area (TPSA) is 88.4 Å². The lowest BCUT2D eigenvalue weighted by Crippen LogP contribution is -2.48. The van der Waals surface area contributed by atoms with Crippen LogP contribution in [-0.4, -0.2) is 64.7 Å². The minimum atomic E-state index is -3.15. The number of phenols is 2. The predicted molar refractivity (Wildman–Crippen MR) is 118 cm³/mol. The Kier molecular flexibility index (Phi) is 4.65. The Labute approximate surface area is 188 Å². The normalized spacial score (nSPS) is 26.0. The van der Waals surface area contributed by atoms with Crippen LogP contribution in [0.4, 0.5) is 0 Å². The van der Waals surface area contributed by atoms with Crippen LogP contribution < -0.4 is 5.43 Å². The highest BCUT2D eigenvalue weighted by Crippen LogP contribution is 2.30. The molecule has 1 amide bonds. The fourth-order valence-corrected chi connectivity index (χ4v) is 2.67. The fourth-order valence-electron chi connectivity index (χ4n) is 2.67. The van der Waals surface area contributed by atoms with Crippen molar-refractivity contribution >= 4 is 12.1 Å². The van der Waals surface area contributed by atoms with Crippen LogP contribution in [0.5, 0.6) is 11.5 Å². The van der Waals surface area contributed by atoms with E-state index < -0.39 is 45.0 Å². The summed E-state index contributed by atoms with van der Waals surface area (Å²) in [5.74, 6) is -1.52. The van der Waals surface area contributed by atoms with E-state index in [0.29, 0.717) is 10.5 Å². The van der Waals surface area contributed by atoms with Crippen LogP contribution in [0.1, 0.15) is 27.7 Å². The number of piperazine rings is 1. The van der Waals surface area contributed by atoms with Gasteiger partial charge in [-0.3, -0.25) is 14.6 Å². The summed E-state index contributed by atoms with van der Waals surface area (Å²) >= 11 is 0. The quantitative estimate of drug-likeness (QED) is 0.348. The van der Waals surface area contributed by atoms with E-state index in [0.717, 1.165) is 6.21 Å². The fraction of sp³-hybridized carbons (Fsp3) is 0.304. The summed E-state index contributed by atoms with van der Waals surface area (Å²) in [5.41, 5.74) is 2.82. The van der Waals surface area contributed by atoms with Gasteiger partial charge in [-0.1, -0.05) is 36.4 Å². The maximum atomic E-state index is 12.6. The van der Waals surface area contributed by atoms with E-state index in [1.165, 1.54) is 18.2 Å². The van der Waals surface area contributed by atoms with E-state index in [9.17, 15) is 15.0 Å². The number of nitrogens with one attached hydrogen (secondary N) is 1. The molecular formula is C23H28N4O3. The Bertz CT molecular complexity index is 1200. The predicted octanol–water partition coefficient (Wildman–Crippen LogP) is 2.09. The Morgan fingerprint density at radius 1 is 1.13 bits per heavy atom. The summed E-state index contributed by atoms with van der Waals surface area (Å²) in [6.07, 6.45) is 2.69. The number of rotatable bonds is 8. The van der Waals surface area contributed by atoms with Crippen molar-refractivity contribution in [3.8, 4) is 11.5 Å². The van der Waals surface area contributed by atoms with Gasteiger partial charge < -0.3 is 10.2 Å². The molecule has 0 aliphatic carbocycles. The maximum absolute atomic E-state index is 12.6. The molecule has 0 atom stereocenters. The van der Waals surface area contributed by atoms with Gasteiger partial charge in [0.05, 0.1) is 12.8 Å². The summed E-state index contributed by atoms with van der Waals surface area (Å²) in [6, 6.07) is 10.8. The molecule has 1 aliphatic heterocycles. The van der Waals surface area contributed by atoms with Crippen LogP contribution >= 0.6 is 0 Å². The third-order valence-corrected chi connectivity index (χ3v) is 4.16. The number of benzene rings is 2. The summed E-state index contributed by atoms with van der Waals surface area (Å²) in [5, 5.41) is 23.8. The van der Waals surface area contributed by atoms with Crippen molar-refractivity contribution in [3.63, 3.8) is 0 Å². The van der Waals surface area contributed by atoms with Crippen molar-refractivity contribution in [2.75, 3.05) is 32.5 Å². The number of carbonyl (C=O) groups excluding carboxylic acids is 1. The molecule has 3 rings (SSSR count). The van der Waals surface area contributed by atoms with Gasteiger partial charge >= 0.3 is 0 Å². The van der Waals surface area contributed by atoms with E-state index >= 15 is 0 Å². The number of hydrogen-bond donors (Lipinski definition) is 3. The van der Waals surface area contributed by atoms with E-state index in [1.807, 2.05) is 0 Å². The molecule has 7 heteroatoms. The first-order chi connectivity index (χ1) is 17.6. The number of aromatic hydroxyl groups is 2. The van der Waals surface area contributed by atoms with Crippen molar-refractivity contribution in [1.29, 1.82) is 0 Å². The molecule has 1 fully saturated rings. The number of amides is 1. The molecule has 2 aromatic carbocycles. The molecule has 2 aromatic rings. The van der Waals surface area contributed by atoms with E-state index in [4.69, 9.17) is 11.0 Å². The van der Waals surface area contributed by atoms with Gasteiger partial charge in [-0.05, 0) is 24.1 Å². The van der Waals surface area contributed by atoms with Crippen LogP contribution in [0.2, 0.25) is 0 Å². The average molecular weight is 417 g/mol. The first-order valence-corrected chi connectivity index (χ1v) is 9.15. The van der Waals surface area contributed by atoms with Crippen LogP contribution in [0.3, 0.4) is 0 Å². The zero-order valence-corrected chi connectivity index (χ0v) is 16.2. The highest BCUT2D eigenvalue weighted by molar-refractivity contribution is 5.86. The summed E-state index contributed by atoms with van der Waals surface area (Å²) in [7, 11) is 0. The second kappa shape index (κ2) is 10.6. The molecule has 1 aliphatic rings. The Hall–Kier alpha value is -3.16. The number of nitrogens with zero attached hydrogens (tertiary/aromatic N) is 3. The van der Waals surface area contributed by atoms with E-state index in [1.54, 1.807) is 30.3 Å². The molecule has 0 spiro atoms. The lowest BCUT2D eigenvalue weighted by molar-refractivity contribution is -0.122. The Balaban J connectivity index is 1.83. The van der Waals surface area contributed by atoms with Crippen molar-refractivity contribution < 1.29 is 26.0 Å². The smallest absolute Gasteiger partial charge is 0.254 e.